The van der Waals surface area contributed by atoms with Gasteiger partial charge in [0.1, 0.15) is 5.88 Å². The van der Waals surface area contributed by atoms with Gasteiger partial charge in [-0.2, -0.15) is 0 Å². The molecule has 0 saturated heterocycles. The van der Waals surface area contributed by atoms with Crippen LogP contribution in [0.2, 0.25) is 0 Å². The second kappa shape index (κ2) is 7.74. The fourth-order valence-electron chi connectivity index (χ4n) is 0.183. The van der Waals surface area contributed by atoms with Gasteiger partial charge in [0.25, 0.3) is 0 Å². The third-order valence-corrected chi connectivity index (χ3v) is 1.15. The zero-order chi connectivity index (χ0) is 7.49. The Bertz CT molecular complexity index is 160. The molecule has 0 rings (SSSR count). The van der Waals surface area contributed by atoms with Crippen molar-refractivity contribution >= 4 is 25.3 Å². The van der Waals surface area contributed by atoms with Crippen LogP contribution in [0.3, 0.4) is 0 Å². The molecule has 0 fully saturated rings. The molecule has 0 radical (unpaired) electrons. The van der Waals surface area contributed by atoms with Crippen LogP contribution in [-0.2, 0) is 9.36 Å². The molecule has 0 aliphatic heterocycles. The van der Waals surface area contributed by atoms with E-state index in [9.17, 15) is 19.1 Å². The van der Waals surface area contributed by atoms with Gasteiger partial charge in [-0.25, -0.2) is 0 Å². The molecule has 0 heterocycles. The van der Waals surface area contributed by atoms with E-state index in [0.717, 1.165) is 5.09 Å². The Morgan fingerprint density at radius 3 is 1.91 bits per heavy atom. The van der Waals surface area contributed by atoms with Crippen molar-refractivity contribution in [3.05, 3.63) is 0 Å². The summed E-state index contributed by atoms with van der Waals surface area (Å²) in [7, 11) is -4.92. The Kier molecular flexibility index (Phi) is 12.7. The van der Waals surface area contributed by atoms with Crippen molar-refractivity contribution in [2.75, 3.05) is 5.88 Å². The summed E-state index contributed by atoms with van der Waals surface area (Å²) < 4.78 is 9.68. The van der Waals surface area contributed by atoms with Crippen LogP contribution >= 0.6 is 19.3 Å². The van der Waals surface area contributed by atoms with Gasteiger partial charge in [0, 0.05) is 7.75 Å². The molecule has 5 nitrogen and oxygen atoms in total. The molecule has 1 amide bonds. The number of hydrogen-bond acceptors (Lipinski definition) is 4. The first-order valence-corrected chi connectivity index (χ1v) is 3.92. The van der Waals surface area contributed by atoms with Gasteiger partial charge >= 0.3 is 37.7 Å². The van der Waals surface area contributed by atoms with Crippen molar-refractivity contribution in [2.24, 2.45) is 0 Å². The Hall–Kier alpha value is 1.10. The number of hydrogen-bond donors (Lipinski definition) is 1. The van der Waals surface area contributed by atoms with Crippen LogP contribution in [0.5, 0.6) is 0 Å². The summed E-state index contributed by atoms with van der Waals surface area (Å²) in [5.74, 6) is -1.54. The van der Waals surface area contributed by atoms with Crippen LogP contribution in [0, 0.1) is 0 Å². The molecule has 0 spiro atoms. The number of carbonyl (C=O) groups is 1. The largest absolute Gasteiger partial charge is 1.00 e. The molecule has 0 aliphatic carbocycles. The van der Waals surface area contributed by atoms with Gasteiger partial charge in [-0.1, -0.05) is 0 Å². The average molecular weight is 185 g/mol. The molecule has 0 aromatic rings. The van der Waals surface area contributed by atoms with Crippen LogP contribution in [0.15, 0.2) is 0 Å². The first-order valence-electron chi connectivity index (χ1n) is 1.85. The molecule has 0 aromatic carbocycles. The van der Waals surface area contributed by atoms with Crippen molar-refractivity contribution < 1.29 is 56.9 Å². The quantitative estimate of drug-likeness (QED) is 0.263. The van der Waals surface area contributed by atoms with E-state index in [1.807, 2.05) is 0 Å². The summed E-state index contributed by atoms with van der Waals surface area (Å²) in [5.41, 5.74) is 0. The normalized spacial score (nSPS) is 9.00. The number of rotatable bonds is 2. The summed E-state index contributed by atoms with van der Waals surface area (Å²) in [6.07, 6.45) is 0. The predicted molar refractivity (Wildman–Crippen MR) is 26.5 cm³/mol. The summed E-state index contributed by atoms with van der Waals surface area (Å²) in [5, 5.41) is 1.14. The second-order valence-electron chi connectivity index (χ2n) is 1.17. The van der Waals surface area contributed by atoms with Gasteiger partial charge in [0.15, 0.2) is 0 Å². The minimum Gasteiger partial charge on any atom is -0.795 e. The summed E-state index contributed by atoms with van der Waals surface area (Å²) in [6, 6.07) is 0. The molecule has 0 aromatic heterocycles. The van der Waals surface area contributed by atoms with E-state index in [2.05, 4.69) is 0 Å². The predicted octanol–water partition coefficient (Wildman–Crippen LogP) is -7.82. The van der Waals surface area contributed by atoms with E-state index in [0.29, 0.717) is 0 Å². The SMILES string of the molecule is O=C(CCl)NP(=O)([O-])[O-].[Li+].[Li+]. The molecular formula is C2H3ClLi2NO4P. The zero-order valence-electron chi connectivity index (χ0n) is 6.17. The number of carbonyl (C=O) groups excluding carboxylic acids is 1. The van der Waals surface area contributed by atoms with Gasteiger partial charge in [-0.3, -0.25) is 4.79 Å². The van der Waals surface area contributed by atoms with Gasteiger partial charge in [0.2, 0.25) is 5.91 Å². The first kappa shape index (κ1) is 18.0. The zero-order valence-corrected chi connectivity index (χ0v) is 7.82. The minimum atomic E-state index is -4.92. The molecule has 0 atom stereocenters. The molecule has 1 N–H and O–H groups in total. The van der Waals surface area contributed by atoms with Gasteiger partial charge < -0.3 is 19.4 Å². The minimum absolute atomic E-state index is 0. The van der Waals surface area contributed by atoms with E-state index in [1.165, 1.54) is 0 Å². The molecular weight excluding hydrogens is 182 g/mol. The van der Waals surface area contributed by atoms with Gasteiger partial charge in [-0.05, 0) is 0 Å². The topological polar surface area (TPSA) is 92.3 Å². The van der Waals surface area contributed by atoms with Crippen LogP contribution in [-0.4, -0.2) is 11.8 Å². The molecule has 0 bridgehead atoms. The molecule has 11 heavy (non-hydrogen) atoms. The standard InChI is InChI=1S/C2H5ClNO4P.2Li/c3-1-2(5)4-9(6,7)8;;/h1H2,(H3,4,5,6,7,8);;/q;2*+1/p-2. The van der Waals surface area contributed by atoms with Crippen molar-refractivity contribution in [1.29, 1.82) is 0 Å². The molecule has 0 unspecified atom stereocenters. The Morgan fingerprint density at radius 2 is 1.82 bits per heavy atom. The Morgan fingerprint density at radius 1 is 1.45 bits per heavy atom. The van der Waals surface area contributed by atoms with Gasteiger partial charge in [0.05, 0.1) is 0 Å². The van der Waals surface area contributed by atoms with Crippen LogP contribution in [0.4, 0.5) is 0 Å². The maximum absolute atomic E-state index is 10.0. The fraction of sp³-hybridized carbons (Fsp3) is 0.500. The van der Waals surface area contributed by atoms with E-state index in [-0.39, 0.29) is 37.7 Å². The third-order valence-electron chi connectivity index (χ3n) is 0.383. The number of alkyl halides is 1. The van der Waals surface area contributed by atoms with Crippen molar-refractivity contribution in [3.8, 4) is 0 Å². The number of nitrogens with one attached hydrogen (secondary N) is 1. The summed E-state index contributed by atoms with van der Waals surface area (Å²) in [6.45, 7) is 0. The number of amides is 1. The van der Waals surface area contributed by atoms with E-state index in [1.54, 1.807) is 0 Å². The van der Waals surface area contributed by atoms with Crippen LogP contribution in [0.1, 0.15) is 0 Å². The van der Waals surface area contributed by atoms with E-state index < -0.39 is 19.5 Å². The van der Waals surface area contributed by atoms with Crippen LogP contribution in [0.25, 0.3) is 0 Å². The van der Waals surface area contributed by atoms with Gasteiger partial charge in [-0.15, -0.1) is 11.6 Å². The monoisotopic (exact) mass is 185 g/mol. The maximum Gasteiger partial charge on any atom is 1.00 e. The van der Waals surface area contributed by atoms with Crippen molar-refractivity contribution in [2.45, 2.75) is 0 Å². The molecule has 9 heteroatoms. The van der Waals surface area contributed by atoms with E-state index in [4.69, 9.17) is 11.6 Å². The van der Waals surface area contributed by atoms with Crippen LogP contribution < -0.4 is 52.6 Å². The van der Waals surface area contributed by atoms with E-state index >= 15 is 0 Å². The average Bonchev–Trinajstić information content (AvgIpc) is 1.62. The Labute approximate surface area is 92.8 Å². The van der Waals surface area contributed by atoms with Crippen molar-refractivity contribution in [1.82, 2.24) is 5.09 Å². The molecule has 0 saturated carbocycles. The van der Waals surface area contributed by atoms with Crippen molar-refractivity contribution in [3.63, 3.8) is 0 Å². The fourth-order valence-corrected chi connectivity index (χ4v) is 0.727. The Balaban J connectivity index is -0.000000320. The molecule has 0 aliphatic rings. The summed E-state index contributed by atoms with van der Waals surface area (Å²) >= 11 is 4.85. The number of halogens is 1. The smallest absolute Gasteiger partial charge is 0.795 e. The second-order valence-corrected chi connectivity index (χ2v) is 2.65. The molecule has 54 valence electrons. The third kappa shape index (κ3) is 14.0. The summed E-state index contributed by atoms with van der Waals surface area (Å²) in [4.78, 5) is 29.4. The maximum atomic E-state index is 10.0. The first-order chi connectivity index (χ1) is 3.95.